The van der Waals surface area contributed by atoms with Gasteiger partial charge in [-0.25, -0.2) is 4.76 Å². The maximum atomic E-state index is 6.22. The number of benzene rings is 3. The van der Waals surface area contributed by atoms with Gasteiger partial charge in [0, 0.05) is 17.7 Å². The van der Waals surface area contributed by atoms with Crippen LogP contribution in [0.5, 0.6) is 0 Å². The van der Waals surface area contributed by atoms with Crippen molar-refractivity contribution in [2.45, 2.75) is 0 Å². The van der Waals surface area contributed by atoms with E-state index in [-0.39, 0.29) is 0 Å². The maximum Gasteiger partial charge on any atom is 0.190 e. The van der Waals surface area contributed by atoms with Crippen LogP contribution in [0.1, 0.15) is 0 Å². The first kappa shape index (κ1) is 16.5. The summed E-state index contributed by atoms with van der Waals surface area (Å²) in [5, 5.41) is 2.24. The van der Waals surface area contributed by atoms with E-state index in [1.807, 2.05) is 36.4 Å². The number of thiazole rings is 1. The van der Waals surface area contributed by atoms with Crippen molar-refractivity contribution < 1.29 is 0 Å². The largest absolute Gasteiger partial charge is 0.320 e. The Bertz CT molecular complexity index is 1090. The molecular formula is C20H17N2PS2. The fraction of sp³-hybridized carbons (Fsp3) is 0.0500. The molecule has 0 amide bonds. The van der Waals surface area contributed by atoms with Gasteiger partial charge in [0.1, 0.15) is 6.19 Å². The lowest BCUT2D eigenvalue weighted by Gasteiger charge is -2.18. The van der Waals surface area contributed by atoms with Crippen molar-refractivity contribution in [1.29, 1.82) is 0 Å². The van der Waals surface area contributed by atoms with Gasteiger partial charge in [0.05, 0.1) is 10.2 Å². The molecule has 1 aromatic heterocycles. The van der Waals surface area contributed by atoms with Crippen LogP contribution in [0, 0.1) is 0 Å². The Morgan fingerprint density at radius 3 is 1.88 bits per heavy atom. The van der Waals surface area contributed by atoms with Gasteiger partial charge in [-0.3, -0.25) is 0 Å². The van der Waals surface area contributed by atoms with Crippen molar-refractivity contribution in [2.24, 2.45) is 11.8 Å². The second kappa shape index (κ2) is 6.72. The third-order valence-electron chi connectivity index (χ3n) is 4.15. The number of nitrogens with zero attached hydrogens (tertiary/aromatic N) is 2. The van der Waals surface area contributed by atoms with E-state index in [1.165, 1.54) is 10.2 Å². The van der Waals surface area contributed by atoms with Crippen LogP contribution < -0.4 is 15.4 Å². The number of hydrogen-bond acceptors (Lipinski definition) is 2. The molecule has 0 aliphatic rings. The Kier molecular flexibility index (Phi) is 4.43. The highest BCUT2D eigenvalue weighted by Gasteiger charge is 2.21. The summed E-state index contributed by atoms with van der Waals surface area (Å²) < 4.78 is 8.55. The lowest BCUT2D eigenvalue weighted by Crippen LogP contribution is -2.18. The maximum absolute atomic E-state index is 6.22. The summed E-state index contributed by atoms with van der Waals surface area (Å²) in [4.78, 5) is 0.970. The highest BCUT2D eigenvalue weighted by molar-refractivity contribution is 8.21. The van der Waals surface area contributed by atoms with E-state index in [1.54, 1.807) is 11.3 Å². The van der Waals surface area contributed by atoms with Gasteiger partial charge in [-0.1, -0.05) is 95.9 Å². The zero-order valence-corrected chi connectivity index (χ0v) is 16.3. The van der Waals surface area contributed by atoms with Crippen LogP contribution in [0.4, 0.5) is 0 Å². The lowest BCUT2D eigenvalue weighted by molar-refractivity contribution is 0.921. The molecule has 0 unspecified atom stereocenters. The second-order valence-corrected chi connectivity index (χ2v) is 10.7. The molecule has 0 N–H and O–H groups in total. The number of fused-ring (bicyclic) bond motifs is 1. The van der Waals surface area contributed by atoms with Gasteiger partial charge in [0.25, 0.3) is 0 Å². The van der Waals surface area contributed by atoms with Gasteiger partial charge in [0.2, 0.25) is 0 Å². The molecule has 0 atom stereocenters. The fourth-order valence-electron chi connectivity index (χ4n) is 2.82. The van der Waals surface area contributed by atoms with E-state index < -0.39 is 6.19 Å². The summed E-state index contributed by atoms with van der Waals surface area (Å²) in [7, 11) is 2.06. The van der Waals surface area contributed by atoms with Crippen molar-refractivity contribution in [2.75, 3.05) is 0 Å². The van der Waals surface area contributed by atoms with Gasteiger partial charge >= 0.3 is 0 Å². The van der Waals surface area contributed by atoms with Crippen LogP contribution in [0.3, 0.4) is 0 Å². The van der Waals surface area contributed by atoms with Crippen molar-refractivity contribution in [3.63, 3.8) is 0 Å². The number of rotatable bonds is 3. The first-order valence-corrected chi connectivity index (χ1v) is 11.6. The summed E-state index contributed by atoms with van der Waals surface area (Å²) in [6, 6.07) is 29.0. The molecule has 2 nitrogen and oxygen atoms in total. The molecule has 4 aromatic rings. The van der Waals surface area contributed by atoms with Crippen molar-refractivity contribution in [3.05, 3.63) is 89.7 Å². The van der Waals surface area contributed by atoms with Crippen LogP contribution in [0.15, 0.2) is 89.7 Å². The molecular weight excluding hydrogens is 363 g/mol. The monoisotopic (exact) mass is 380 g/mol. The van der Waals surface area contributed by atoms with Crippen LogP contribution in [0.2, 0.25) is 0 Å². The average Bonchev–Trinajstić information content (AvgIpc) is 2.99. The summed E-state index contributed by atoms with van der Waals surface area (Å²) in [6.45, 7) is 0. The quantitative estimate of drug-likeness (QED) is 0.487. The lowest BCUT2D eigenvalue weighted by atomic mass is 10.3. The first-order chi connectivity index (χ1) is 12.2. The van der Waals surface area contributed by atoms with Gasteiger partial charge in [-0.05, 0) is 12.1 Å². The van der Waals surface area contributed by atoms with Crippen LogP contribution >= 0.6 is 17.5 Å². The first-order valence-electron chi connectivity index (χ1n) is 8.00. The predicted molar refractivity (Wildman–Crippen MR) is 113 cm³/mol. The SMILES string of the molecule is Cn1/c(=N/P(=S)(c2ccccc2)c2ccccc2)sc2ccccc21. The Balaban J connectivity index is 2.02. The van der Waals surface area contributed by atoms with Gasteiger partial charge in [0.15, 0.2) is 4.80 Å². The van der Waals surface area contributed by atoms with E-state index in [0.29, 0.717) is 0 Å². The van der Waals surface area contributed by atoms with E-state index in [9.17, 15) is 0 Å². The molecule has 3 aromatic carbocycles. The van der Waals surface area contributed by atoms with Gasteiger partial charge < -0.3 is 4.57 Å². The molecule has 124 valence electrons. The van der Waals surface area contributed by atoms with E-state index in [4.69, 9.17) is 16.6 Å². The Hall–Kier alpha value is -2.00. The standard InChI is InChI=1S/C20H17N2PS2/c1-22-18-14-8-9-15-19(18)25-20(22)21-23(24,16-10-4-2-5-11-16)17-12-6-3-7-13-17/h2-15H,1H3/b21-20-. The minimum Gasteiger partial charge on any atom is -0.320 e. The molecule has 0 fully saturated rings. The molecule has 1 heterocycles. The van der Waals surface area contributed by atoms with Crippen molar-refractivity contribution in [1.82, 2.24) is 4.57 Å². The smallest absolute Gasteiger partial charge is 0.190 e. The minimum atomic E-state index is -2.28. The Morgan fingerprint density at radius 2 is 1.32 bits per heavy atom. The number of aromatic nitrogens is 1. The van der Waals surface area contributed by atoms with E-state index in [0.717, 1.165) is 15.4 Å². The zero-order chi connectivity index (χ0) is 17.3. The zero-order valence-electron chi connectivity index (χ0n) is 13.7. The topological polar surface area (TPSA) is 17.3 Å². The number of hydrogen-bond donors (Lipinski definition) is 0. The van der Waals surface area contributed by atoms with Crippen LogP contribution in [-0.2, 0) is 18.9 Å². The normalized spacial score (nSPS) is 12.6. The summed E-state index contributed by atoms with van der Waals surface area (Å²) >= 11 is 7.92. The molecule has 5 heteroatoms. The van der Waals surface area contributed by atoms with Gasteiger partial charge in [-0.15, -0.1) is 0 Å². The summed E-state index contributed by atoms with van der Waals surface area (Å²) in [5.41, 5.74) is 1.19. The van der Waals surface area contributed by atoms with Gasteiger partial charge in [-0.2, -0.15) is 0 Å². The molecule has 0 radical (unpaired) electrons. The molecule has 4 rings (SSSR count). The van der Waals surface area contributed by atoms with E-state index >= 15 is 0 Å². The highest BCUT2D eigenvalue weighted by atomic mass is 32.4. The number of para-hydroxylation sites is 1. The predicted octanol–water partition coefficient (Wildman–Crippen LogP) is 4.19. The fourth-order valence-corrected chi connectivity index (χ4v) is 7.42. The molecule has 0 bridgehead atoms. The third kappa shape index (κ3) is 3.02. The molecule has 0 saturated heterocycles. The molecule has 0 aliphatic carbocycles. The van der Waals surface area contributed by atoms with Crippen LogP contribution in [-0.4, -0.2) is 4.57 Å². The highest BCUT2D eigenvalue weighted by Crippen LogP contribution is 2.44. The van der Waals surface area contributed by atoms with Crippen molar-refractivity contribution in [3.8, 4) is 0 Å². The van der Waals surface area contributed by atoms with Crippen molar-refractivity contribution >= 4 is 50.2 Å². The summed E-state index contributed by atoms with van der Waals surface area (Å²) in [6.07, 6.45) is -2.28. The van der Waals surface area contributed by atoms with Crippen LogP contribution in [0.25, 0.3) is 10.2 Å². The molecule has 0 aliphatic heterocycles. The second-order valence-electron chi connectivity index (χ2n) is 5.76. The Morgan fingerprint density at radius 1 is 0.800 bits per heavy atom. The molecule has 0 spiro atoms. The molecule has 25 heavy (non-hydrogen) atoms. The average molecular weight is 380 g/mol. The third-order valence-corrected chi connectivity index (χ3v) is 9.38. The molecule has 0 saturated carbocycles. The van der Waals surface area contributed by atoms with E-state index in [2.05, 4.69) is 60.1 Å². The summed E-state index contributed by atoms with van der Waals surface area (Å²) in [5.74, 6) is 0. The minimum absolute atomic E-state index is 0.970. The number of aryl methyl sites for hydroxylation is 1. The Labute approximate surface area is 156 Å².